The van der Waals surface area contributed by atoms with E-state index in [2.05, 4.69) is 4.74 Å². The molecule has 0 atom stereocenters. The second kappa shape index (κ2) is 4.25. The summed E-state index contributed by atoms with van der Waals surface area (Å²) in [7, 11) is 1.23. The summed E-state index contributed by atoms with van der Waals surface area (Å²) in [4.78, 5) is 21.1. The van der Waals surface area contributed by atoms with Crippen LogP contribution in [0, 0.1) is 15.9 Å². The maximum Gasteiger partial charge on any atom is 0.350 e. The lowest BCUT2D eigenvalue weighted by Gasteiger charge is -2.15. The molecule has 1 aromatic rings. The maximum atomic E-state index is 13.1. The van der Waals surface area contributed by atoms with Crippen LogP contribution in [0.4, 0.5) is 10.1 Å². The fourth-order valence-electron chi connectivity index (χ4n) is 1.57. The van der Waals surface area contributed by atoms with Crippen LogP contribution in [-0.4, -0.2) is 23.6 Å². The van der Waals surface area contributed by atoms with Crippen molar-refractivity contribution in [3.63, 3.8) is 0 Å². The highest BCUT2D eigenvalue weighted by Gasteiger charge is 2.54. The number of benzene rings is 1. The molecule has 0 radical (unpaired) electrons. The van der Waals surface area contributed by atoms with Gasteiger partial charge < -0.3 is 9.47 Å². The number of rotatable bonds is 4. The van der Waals surface area contributed by atoms with Crippen molar-refractivity contribution in [3.8, 4) is 5.75 Å². The molecule has 0 bridgehead atoms. The van der Waals surface area contributed by atoms with Gasteiger partial charge in [-0.25, -0.2) is 4.79 Å². The lowest BCUT2D eigenvalue weighted by Crippen LogP contribution is -2.30. The minimum Gasteiger partial charge on any atom is -0.475 e. The predicted molar refractivity (Wildman–Crippen MR) is 57.7 cm³/mol. The molecule has 1 saturated carbocycles. The molecule has 1 aliphatic carbocycles. The summed E-state index contributed by atoms with van der Waals surface area (Å²) in [5.74, 6) is -1.41. The fourth-order valence-corrected chi connectivity index (χ4v) is 1.57. The summed E-state index contributed by atoms with van der Waals surface area (Å²) in [5.41, 5.74) is -1.76. The number of hydrogen-bond acceptors (Lipinski definition) is 5. The van der Waals surface area contributed by atoms with Crippen molar-refractivity contribution in [1.29, 1.82) is 0 Å². The molecule has 0 saturated heterocycles. The molecule has 0 aliphatic heterocycles. The molecule has 96 valence electrons. The van der Waals surface area contributed by atoms with E-state index in [1.54, 1.807) is 0 Å². The standard InChI is InChI=1S/C11H10FNO5/c1-17-10(14)11(4-5-11)18-7-2-3-8(12)9(6-7)13(15)16/h2-3,6H,4-5H2,1H3. The van der Waals surface area contributed by atoms with Crippen LogP contribution >= 0.6 is 0 Å². The molecule has 1 aliphatic rings. The van der Waals surface area contributed by atoms with Gasteiger partial charge in [-0.05, 0) is 12.1 Å². The number of halogens is 1. The molecular formula is C11H10FNO5. The number of nitrogens with zero attached hydrogens (tertiary/aromatic N) is 1. The molecule has 1 fully saturated rings. The number of carbonyl (C=O) groups is 1. The van der Waals surface area contributed by atoms with Crippen molar-refractivity contribution in [2.45, 2.75) is 18.4 Å². The van der Waals surface area contributed by atoms with Crippen LogP contribution < -0.4 is 4.74 Å². The average Bonchev–Trinajstić information content (AvgIpc) is 3.11. The Morgan fingerprint density at radius 1 is 1.50 bits per heavy atom. The van der Waals surface area contributed by atoms with E-state index < -0.39 is 28.0 Å². The van der Waals surface area contributed by atoms with Gasteiger partial charge in [-0.1, -0.05) is 0 Å². The van der Waals surface area contributed by atoms with Crippen molar-refractivity contribution in [3.05, 3.63) is 34.1 Å². The van der Waals surface area contributed by atoms with E-state index in [9.17, 15) is 19.3 Å². The normalized spacial score (nSPS) is 15.9. The van der Waals surface area contributed by atoms with E-state index >= 15 is 0 Å². The molecule has 7 heteroatoms. The molecule has 18 heavy (non-hydrogen) atoms. The Labute approximate surface area is 101 Å². The molecule has 6 nitrogen and oxygen atoms in total. The summed E-state index contributed by atoms with van der Waals surface area (Å²) in [6.45, 7) is 0. The summed E-state index contributed by atoms with van der Waals surface area (Å²) in [6, 6.07) is 3.13. The molecule has 0 heterocycles. The lowest BCUT2D eigenvalue weighted by atomic mass is 10.2. The first-order valence-corrected chi connectivity index (χ1v) is 5.20. The van der Waals surface area contributed by atoms with Gasteiger partial charge in [0.1, 0.15) is 5.75 Å². The quantitative estimate of drug-likeness (QED) is 0.465. The van der Waals surface area contributed by atoms with Gasteiger partial charge in [-0.15, -0.1) is 0 Å². The molecule has 0 spiro atoms. The predicted octanol–water partition coefficient (Wildman–Crippen LogP) is 1.82. The summed E-state index contributed by atoms with van der Waals surface area (Å²) < 4.78 is 23.0. The molecular weight excluding hydrogens is 245 g/mol. The Kier molecular flexibility index (Phi) is 2.90. The Morgan fingerprint density at radius 3 is 2.67 bits per heavy atom. The largest absolute Gasteiger partial charge is 0.475 e. The zero-order valence-corrected chi connectivity index (χ0v) is 9.51. The van der Waals surface area contributed by atoms with E-state index in [-0.39, 0.29) is 5.75 Å². The topological polar surface area (TPSA) is 78.7 Å². The molecule has 0 amide bonds. The highest BCUT2D eigenvalue weighted by atomic mass is 19.1. The van der Waals surface area contributed by atoms with Gasteiger partial charge in [0.05, 0.1) is 18.1 Å². The molecule has 1 aromatic carbocycles. The minimum atomic E-state index is -1.07. The van der Waals surface area contributed by atoms with Crippen LogP contribution in [0.15, 0.2) is 18.2 Å². The van der Waals surface area contributed by atoms with E-state index in [1.165, 1.54) is 13.2 Å². The minimum absolute atomic E-state index is 0.0750. The average molecular weight is 255 g/mol. The zero-order valence-electron chi connectivity index (χ0n) is 9.51. The van der Waals surface area contributed by atoms with Crippen LogP contribution in [0.5, 0.6) is 5.75 Å². The Balaban J connectivity index is 2.23. The number of carbonyl (C=O) groups excluding carboxylic acids is 1. The van der Waals surface area contributed by atoms with E-state index in [1.807, 2.05) is 0 Å². The van der Waals surface area contributed by atoms with Gasteiger partial charge in [-0.3, -0.25) is 10.1 Å². The molecule has 0 aromatic heterocycles. The first kappa shape index (κ1) is 12.3. The number of ether oxygens (including phenoxy) is 2. The van der Waals surface area contributed by atoms with Gasteiger partial charge in [0.25, 0.3) is 0 Å². The van der Waals surface area contributed by atoms with Crippen LogP contribution in [-0.2, 0) is 9.53 Å². The van der Waals surface area contributed by atoms with E-state index in [0.29, 0.717) is 12.8 Å². The molecule has 0 N–H and O–H groups in total. The first-order chi connectivity index (χ1) is 8.48. The number of esters is 1. The third-order valence-corrected chi connectivity index (χ3v) is 2.69. The van der Waals surface area contributed by atoms with Gasteiger partial charge >= 0.3 is 11.7 Å². The van der Waals surface area contributed by atoms with Gasteiger partial charge in [-0.2, -0.15) is 4.39 Å². The van der Waals surface area contributed by atoms with E-state index in [4.69, 9.17) is 4.74 Å². The summed E-state index contributed by atoms with van der Waals surface area (Å²) in [6.07, 6.45) is 0.954. The number of hydrogen-bond donors (Lipinski definition) is 0. The van der Waals surface area contributed by atoms with E-state index in [0.717, 1.165) is 12.1 Å². The fraction of sp³-hybridized carbons (Fsp3) is 0.364. The highest BCUT2D eigenvalue weighted by molar-refractivity contribution is 5.83. The van der Waals surface area contributed by atoms with Gasteiger partial charge in [0.2, 0.25) is 11.4 Å². The Bertz CT molecular complexity index is 512. The van der Waals surface area contributed by atoms with Crippen molar-refractivity contribution in [2.75, 3.05) is 7.11 Å². The van der Waals surface area contributed by atoms with Gasteiger partial charge in [0, 0.05) is 12.8 Å². The lowest BCUT2D eigenvalue weighted by molar-refractivity contribution is -0.387. The highest BCUT2D eigenvalue weighted by Crippen LogP contribution is 2.42. The van der Waals surface area contributed by atoms with Crippen molar-refractivity contribution in [1.82, 2.24) is 0 Å². The Hall–Kier alpha value is -2.18. The number of nitro groups is 1. The first-order valence-electron chi connectivity index (χ1n) is 5.20. The molecule has 2 rings (SSSR count). The summed E-state index contributed by atoms with van der Waals surface area (Å²) >= 11 is 0. The van der Waals surface area contributed by atoms with Crippen molar-refractivity contribution < 1.29 is 23.6 Å². The second-order valence-electron chi connectivity index (χ2n) is 3.96. The van der Waals surface area contributed by atoms with Crippen molar-refractivity contribution in [2.24, 2.45) is 0 Å². The van der Waals surface area contributed by atoms with Crippen LogP contribution in [0.1, 0.15) is 12.8 Å². The third-order valence-electron chi connectivity index (χ3n) is 2.69. The van der Waals surface area contributed by atoms with Gasteiger partial charge in [0.15, 0.2) is 0 Å². The van der Waals surface area contributed by atoms with Crippen LogP contribution in [0.2, 0.25) is 0 Å². The number of nitro benzene ring substituents is 1. The second-order valence-corrected chi connectivity index (χ2v) is 3.96. The Morgan fingerprint density at radius 2 is 2.17 bits per heavy atom. The SMILES string of the molecule is COC(=O)C1(Oc2ccc(F)c([N+](=O)[O-])c2)CC1. The smallest absolute Gasteiger partial charge is 0.350 e. The monoisotopic (exact) mass is 255 g/mol. The molecule has 0 unspecified atom stereocenters. The van der Waals surface area contributed by atoms with Crippen LogP contribution in [0.3, 0.4) is 0 Å². The maximum absolute atomic E-state index is 13.1. The number of methoxy groups -OCH3 is 1. The van der Waals surface area contributed by atoms with Crippen molar-refractivity contribution >= 4 is 11.7 Å². The van der Waals surface area contributed by atoms with Crippen LogP contribution in [0.25, 0.3) is 0 Å². The zero-order chi connectivity index (χ0) is 13.3. The third kappa shape index (κ3) is 2.11. The summed E-state index contributed by atoms with van der Waals surface area (Å²) in [5, 5.41) is 10.6.